The molecule has 0 amide bonds. The lowest BCUT2D eigenvalue weighted by Gasteiger charge is -2.40. The first-order valence-corrected chi connectivity index (χ1v) is 18.1. The molecule has 28 heavy (non-hydrogen) atoms. The molecule has 2 N–H and O–H groups in total. The maximum absolute atomic E-state index is 11.4. The van der Waals surface area contributed by atoms with E-state index < -0.39 is 49.4 Å². The maximum Gasteiger partial charge on any atom is 0.336 e. The van der Waals surface area contributed by atoms with Crippen molar-refractivity contribution in [3.8, 4) is 0 Å². The van der Waals surface area contributed by atoms with Gasteiger partial charge >= 0.3 is 29.1 Å². The molecule has 166 valence electrons. The Bertz CT molecular complexity index is 527. The second kappa shape index (κ2) is 11.0. The third-order valence-electron chi connectivity index (χ3n) is 4.23. The zero-order chi connectivity index (χ0) is 22.2. The van der Waals surface area contributed by atoms with E-state index in [9.17, 15) is 14.7 Å². The molecular formula is C17H38O8Si3. The molecule has 8 nitrogen and oxygen atoms in total. The minimum absolute atomic E-state index is 0.117. The summed E-state index contributed by atoms with van der Waals surface area (Å²) in [6, 6.07) is 1.49. The van der Waals surface area contributed by atoms with E-state index in [1.54, 1.807) is 7.11 Å². The molecule has 0 radical (unpaired) electrons. The highest BCUT2D eigenvalue weighted by atomic mass is 28.5. The number of carbonyl (C=O) groups is 2. The maximum atomic E-state index is 11.4. The van der Waals surface area contributed by atoms with Gasteiger partial charge in [-0.25, -0.2) is 4.79 Å². The average molecular weight is 455 g/mol. The molecule has 0 rings (SSSR count). The third kappa shape index (κ3) is 10.3. The van der Waals surface area contributed by atoms with Crippen molar-refractivity contribution in [2.24, 2.45) is 0 Å². The molecule has 11 heteroatoms. The molecule has 0 aromatic rings. The number of aliphatic carboxylic acids is 2. The molecule has 0 saturated heterocycles. The molecule has 0 spiro atoms. The van der Waals surface area contributed by atoms with Crippen LogP contribution in [0.5, 0.6) is 0 Å². The van der Waals surface area contributed by atoms with Gasteiger partial charge in [-0.05, 0) is 58.2 Å². The van der Waals surface area contributed by atoms with Crippen molar-refractivity contribution in [3.05, 3.63) is 0 Å². The first-order chi connectivity index (χ1) is 12.6. The average Bonchev–Trinajstić information content (AvgIpc) is 2.48. The van der Waals surface area contributed by atoms with Gasteiger partial charge in [0.05, 0.1) is 6.42 Å². The summed E-state index contributed by atoms with van der Waals surface area (Å²) in [5.41, 5.74) is -1.75. The summed E-state index contributed by atoms with van der Waals surface area (Å²) in [7, 11) is -5.07. The zero-order valence-corrected chi connectivity index (χ0v) is 21.6. The molecule has 0 bridgehead atoms. The predicted octanol–water partition coefficient (Wildman–Crippen LogP) is 3.78. The largest absolute Gasteiger partial charge is 0.481 e. The molecule has 0 aromatic carbocycles. The number of carboxylic acid groups (broad SMARTS) is 2. The van der Waals surface area contributed by atoms with E-state index in [4.69, 9.17) is 22.5 Å². The van der Waals surface area contributed by atoms with E-state index in [0.29, 0.717) is 12.5 Å². The predicted molar refractivity (Wildman–Crippen MR) is 115 cm³/mol. The highest BCUT2D eigenvalue weighted by Gasteiger charge is 2.44. The second-order valence-electron chi connectivity index (χ2n) is 8.60. The molecule has 3 unspecified atom stereocenters. The monoisotopic (exact) mass is 454 g/mol. The molecule has 3 atom stereocenters. The molecule has 0 aromatic heterocycles. The van der Waals surface area contributed by atoms with Crippen molar-refractivity contribution in [2.75, 3.05) is 13.7 Å². The number of hydrogen-bond acceptors (Lipinski definition) is 6. The van der Waals surface area contributed by atoms with E-state index in [1.165, 1.54) is 6.92 Å². The van der Waals surface area contributed by atoms with Crippen LogP contribution >= 0.6 is 0 Å². The molecule has 0 aliphatic heterocycles. The third-order valence-corrected chi connectivity index (χ3v) is 15.4. The standard InChI is InChI=1S/C17H38O8Si3/c1-9-12-28(8,24-26(4,5)6)25-27(7,22-3)13-10-11-23-17(2,16(20)21)14-15(18)19/h9-14H2,1-8H3,(H,18,19)(H,20,21). The topological polar surface area (TPSA) is 112 Å². The number of ether oxygens (including phenoxy) is 1. The lowest BCUT2D eigenvalue weighted by atomic mass is 10.0. The molecule has 0 saturated carbocycles. The van der Waals surface area contributed by atoms with E-state index in [-0.39, 0.29) is 6.61 Å². The highest BCUT2D eigenvalue weighted by Crippen LogP contribution is 2.28. The summed E-state index contributed by atoms with van der Waals surface area (Å²) in [5.74, 6) is -2.50. The SMILES string of the molecule is CCC[Si](C)(O[Si](C)(C)C)O[Si](C)(CCCOC(C)(CC(=O)O)C(=O)O)OC. The minimum atomic E-state index is -2.54. The second-order valence-corrected chi connectivity index (χ2v) is 20.4. The van der Waals surface area contributed by atoms with Gasteiger partial charge in [0.2, 0.25) is 0 Å². The van der Waals surface area contributed by atoms with Crippen LogP contribution in [-0.2, 0) is 27.0 Å². The van der Waals surface area contributed by atoms with Gasteiger partial charge in [-0.15, -0.1) is 0 Å². The van der Waals surface area contributed by atoms with Crippen molar-refractivity contribution in [1.29, 1.82) is 0 Å². The summed E-state index contributed by atoms with van der Waals surface area (Å²) in [5, 5.41) is 18.2. The van der Waals surface area contributed by atoms with E-state index in [1.807, 2.05) is 6.55 Å². The van der Waals surface area contributed by atoms with Gasteiger partial charge in [0.15, 0.2) is 13.9 Å². The van der Waals surface area contributed by atoms with Crippen LogP contribution in [0, 0.1) is 0 Å². The van der Waals surface area contributed by atoms with Gasteiger partial charge in [-0.3, -0.25) is 4.79 Å². The Kier molecular flexibility index (Phi) is 10.8. The van der Waals surface area contributed by atoms with Gasteiger partial charge in [0.1, 0.15) is 0 Å². The quantitative estimate of drug-likeness (QED) is 0.284. The van der Waals surface area contributed by atoms with Crippen LogP contribution in [0.4, 0.5) is 0 Å². The van der Waals surface area contributed by atoms with E-state index in [2.05, 4.69) is 33.1 Å². The Morgan fingerprint density at radius 1 is 0.964 bits per heavy atom. The Labute approximate surface area is 172 Å². The van der Waals surface area contributed by atoms with Crippen LogP contribution in [0.1, 0.15) is 33.1 Å². The van der Waals surface area contributed by atoms with Crippen LogP contribution in [0.15, 0.2) is 0 Å². The minimum Gasteiger partial charge on any atom is -0.481 e. The fraction of sp³-hybridized carbons (Fsp3) is 0.882. The number of rotatable bonds is 15. The highest BCUT2D eigenvalue weighted by molar-refractivity contribution is 6.86. The van der Waals surface area contributed by atoms with E-state index in [0.717, 1.165) is 12.5 Å². The summed E-state index contributed by atoms with van der Waals surface area (Å²) in [4.78, 5) is 22.3. The van der Waals surface area contributed by atoms with E-state index >= 15 is 0 Å². The van der Waals surface area contributed by atoms with Crippen LogP contribution in [-0.4, -0.2) is 66.9 Å². The summed E-state index contributed by atoms with van der Waals surface area (Å²) >= 11 is 0. The van der Waals surface area contributed by atoms with Crippen molar-refractivity contribution >= 4 is 37.4 Å². The van der Waals surface area contributed by atoms with Crippen LogP contribution in [0.2, 0.25) is 44.8 Å². The fourth-order valence-corrected chi connectivity index (χ4v) is 15.9. The number of carboxylic acids is 2. The summed E-state index contributed by atoms with van der Waals surface area (Å²) < 4.78 is 24.1. The summed E-state index contributed by atoms with van der Waals surface area (Å²) in [6.45, 7) is 14.0. The first-order valence-electron chi connectivity index (χ1n) is 9.65. The lowest BCUT2D eigenvalue weighted by Crippen LogP contribution is -2.55. The zero-order valence-electron chi connectivity index (χ0n) is 18.6. The number of hydrogen-bond donors (Lipinski definition) is 2. The molecule has 0 aliphatic carbocycles. The van der Waals surface area contributed by atoms with Crippen LogP contribution in [0.25, 0.3) is 0 Å². The van der Waals surface area contributed by atoms with Gasteiger partial charge in [-0.2, -0.15) is 0 Å². The van der Waals surface area contributed by atoms with Crippen molar-refractivity contribution in [2.45, 2.75) is 83.5 Å². The van der Waals surface area contributed by atoms with Crippen LogP contribution in [0.3, 0.4) is 0 Å². The van der Waals surface area contributed by atoms with Crippen molar-refractivity contribution < 1.29 is 37.2 Å². The van der Waals surface area contributed by atoms with Gasteiger partial charge in [0.25, 0.3) is 0 Å². The van der Waals surface area contributed by atoms with Crippen LogP contribution < -0.4 is 0 Å². The van der Waals surface area contributed by atoms with Gasteiger partial charge in [0, 0.05) is 13.7 Å². The van der Waals surface area contributed by atoms with Gasteiger partial charge < -0.3 is 27.6 Å². The van der Waals surface area contributed by atoms with Crippen molar-refractivity contribution in [3.63, 3.8) is 0 Å². The Hall–Kier alpha value is -0.569. The normalized spacial score (nSPS) is 18.7. The van der Waals surface area contributed by atoms with Crippen molar-refractivity contribution in [1.82, 2.24) is 0 Å². The Morgan fingerprint density at radius 2 is 1.54 bits per heavy atom. The Balaban J connectivity index is 4.96. The fourth-order valence-electron chi connectivity index (χ4n) is 3.04. The molecular weight excluding hydrogens is 416 g/mol. The smallest absolute Gasteiger partial charge is 0.336 e. The lowest BCUT2D eigenvalue weighted by molar-refractivity contribution is -0.170. The summed E-state index contributed by atoms with van der Waals surface area (Å²) in [6.07, 6.45) is 0.891. The molecule has 0 aliphatic rings. The van der Waals surface area contributed by atoms with Gasteiger partial charge in [-0.1, -0.05) is 13.3 Å². The molecule has 0 fully saturated rings. The Morgan fingerprint density at radius 3 is 1.93 bits per heavy atom. The molecule has 0 heterocycles. The first kappa shape index (κ1) is 27.4.